The number of nitrogens with zero attached hydrogens (tertiary/aromatic N) is 2. The first-order valence-electron chi connectivity index (χ1n) is 5.00. The van der Waals surface area contributed by atoms with Crippen LogP contribution in [-0.4, -0.2) is 11.0 Å². The van der Waals surface area contributed by atoms with Crippen molar-refractivity contribution >= 4 is 23.3 Å². The molecule has 0 bridgehead atoms. The first-order valence-corrected chi connectivity index (χ1v) is 5.38. The Bertz CT molecular complexity index is 569. The van der Waals surface area contributed by atoms with Gasteiger partial charge in [-0.3, -0.25) is 0 Å². The van der Waals surface area contributed by atoms with Gasteiger partial charge in [0.15, 0.2) is 0 Å². The highest BCUT2D eigenvalue weighted by atomic mass is 35.5. The van der Waals surface area contributed by atoms with Gasteiger partial charge in [0.1, 0.15) is 6.61 Å². The molecule has 0 spiro atoms. The number of benzene rings is 1. The lowest BCUT2D eigenvalue weighted by Gasteiger charge is -2.02. The summed E-state index contributed by atoms with van der Waals surface area (Å²) >= 11 is 5.95. The van der Waals surface area contributed by atoms with Crippen LogP contribution in [-0.2, 0) is 11.4 Å². The maximum absolute atomic E-state index is 5.95. The van der Waals surface area contributed by atoms with Gasteiger partial charge in [0.25, 0.3) is 0 Å². The number of oxime groups is 1. The number of aromatic nitrogens is 2. The Morgan fingerprint density at radius 2 is 2.28 bits per heavy atom. The average molecular weight is 269 g/mol. The number of halogens is 1. The molecule has 0 radical (unpaired) electrons. The number of amidine groups is 1. The van der Waals surface area contributed by atoms with Crippen LogP contribution in [0.1, 0.15) is 11.3 Å². The van der Waals surface area contributed by atoms with Gasteiger partial charge >= 0.3 is 11.5 Å². The minimum absolute atomic E-state index is 0.0181. The molecule has 0 aliphatic carbocycles. The fraction of sp³-hybridized carbons (Fsp3) is 0.100. The van der Waals surface area contributed by atoms with Crippen molar-refractivity contribution in [3.63, 3.8) is 0 Å². The Balaban J connectivity index is 2.00. The molecule has 0 aliphatic rings. The SMILES string of the molecule is NC(=NOCc1ccccc1Cl)c1no[nH+]c1N. The van der Waals surface area contributed by atoms with Crippen molar-refractivity contribution < 1.29 is 14.6 Å². The molecular weight excluding hydrogens is 258 g/mol. The van der Waals surface area contributed by atoms with Crippen molar-refractivity contribution in [2.45, 2.75) is 6.61 Å². The highest BCUT2D eigenvalue weighted by Crippen LogP contribution is 2.15. The van der Waals surface area contributed by atoms with E-state index in [1.54, 1.807) is 6.07 Å². The summed E-state index contributed by atoms with van der Waals surface area (Å²) in [4.78, 5) is 5.07. The second kappa shape index (κ2) is 5.37. The molecule has 94 valence electrons. The zero-order valence-electron chi connectivity index (χ0n) is 9.26. The van der Waals surface area contributed by atoms with Gasteiger partial charge in [0.2, 0.25) is 5.84 Å². The van der Waals surface area contributed by atoms with Crippen LogP contribution in [0.15, 0.2) is 34.1 Å². The van der Waals surface area contributed by atoms with E-state index in [0.717, 1.165) is 5.56 Å². The van der Waals surface area contributed by atoms with Crippen molar-refractivity contribution in [1.29, 1.82) is 0 Å². The topological polar surface area (TPSA) is 114 Å². The molecule has 1 aromatic heterocycles. The van der Waals surface area contributed by atoms with Crippen LogP contribution in [0.25, 0.3) is 0 Å². The van der Waals surface area contributed by atoms with Gasteiger partial charge in [-0.1, -0.05) is 40.1 Å². The van der Waals surface area contributed by atoms with Crippen LogP contribution in [0, 0.1) is 0 Å². The van der Waals surface area contributed by atoms with Gasteiger partial charge < -0.3 is 16.3 Å². The van der Waals surface area contributed by atoms with E-state index >= 15 is 0 Å². The number of anilines is 1. The number of nitrogens with one attached hydrogen (secondary N) is 1. The molecule has 1 aromatic carbocycles. The lowest BCUT2D eigenvalue weighted by molar-refractivity contribution is -0.610. The third-order valence-corrected chi connectivity index (χ3v) is 2.50. The number of H-pyrrole nitrogens is 1. The Labute approximate surface area is 107 Å². The van der Waals surface area contributed by atoms with E-state index in [1.165, 1.54) is 0 Å². The van der Waals surface area contributed by atoms with Crippen LogP contribution in [0.2, 0.25) is 5.02 Å². The number of nitrogen functional groups attached to an aromatic ring is 1. The molecule has 0 atom stereocenters. The number of aromatic amines is 1. The Morgan fingerprint density at radius 3 is 2.94 bits per heavy atom. The molecule has 0 saturated carbocycles. The molecular formula is C10H11ClN5O2+. The van der Waals surface area contributed by atoms with Crippen LogP contribution < -0.4 is 16.6 Å². The Kier molecular flexibility index (Phi) is 3.63. The summed E-state index contributed by atoms with van der Waals surface area (Å²) < 4.78 is 4.51. The number of hydrogen-bond donors (Lipinski definition) is 2. The second-order valence-corrected chi connectivity index (χ2v) is 3.80. The zero-order valence-corrected chi connectivity index (χ0v) is 10.0. The van der Waals surface area contributed by atoms with Gasteiger partial charge in [0, 0.05) is 10.6 Å². The van der Waals surface area contributed by atoms with Crippen molar-refractivity contribution in [3.05, 3.63) is 40.5 Å². The van der Waals surface area contributed by atoms with Crippen molar-refractivity contribution in [2.24, 2.45) is 10.9 Å². The van der Waals surface area contributed by atoms with E-state index in [1.807, 2.05) is 18.2 Å². The van der Waals surface area contributed by atoms with E-state index in [9.17, 15) is 0 Å². The molecule has 1 heterocycles. The van der Waals surface area contributed by atoms with Crippen LogP contribution >= 0.6 is 11.6 Å². The molecule has 2 aromatic rings. The summed E-state index contributed by atoms with van der Waals surface area (Å²) in [5.41, 5.74) is 12.1. The third-order valence-electron chi connectivity index (χ3n) is 2.13. The quantitative estimate of drug-likeness (QED) is 0.478. The maximum atomic E-state index is 5.95. The number of hydrogen-bond acceptors (Lipinski definition) is 5. The Morgan fingerprint density at radius 1 is 1.50 bits per heavy atom. The van der Waals surface area contributed by atoms with Gasteiger partial charge in [0.05, 0.1) is 5.16 Å². The molecule has 0 aliphatic heterocycles. The van der Waals surface area contributed by atoms with E-state index in [2.05, 4.69) is 20.1 Å². The molecule has 0 unspecified atom stereocenters. The van der Waals surface area contributed by atoms with E-state index < -0.39 is 0 Å². The maximum Gasteiger partial charge on any atom is 0.303 e. The van der Waals surface area contributed by atoms with Gasteiger partial charge in [-0.15, -0.1) is 4.63 Å². The van der Waals surface area contributed by atoms with Crippen LogP contribution in [0.3, 0.4) is 0 Å². The normalized spacial score (nSPS) is 11.5. The standard InChI is InChI=1S/C10H10ClN5O2/c11-7-4-2-1-3-6(7)5-17-15-9(12)8-10(13)16-18-14-8/h1-4H,5H2,(H2,12,15)(H2,13,16)/p+1. The first-order chi connectivity index (χ1) is 8.68. The fourth-order valence-electron chi connectivity index (χ4n) is 1.23. The minimum Gasteiger partial charge on any atom is -0.389 e. The van der Waals surface area contributed by atoms with E-state index in [4.69, 9.17) is 27.9 Å². The molecule has 0 saturated heterocycles. The van der Waals surface area contributed by atoms with Crippen molar-refractivity contribution in [1.82, 2.24) is 5.16 Å². The monoisotopic (exact) mass is 268 g/mol. The van der Waals surface area contributed by atoms with Crippen LogP contribution in [0.5, 0.6) is 0 Å². The highest BCUT2D eigenvalue weighted by Gasteiger charge is 2.17. The summed E-state index contributed by atoms with van der Waals surface area (Å²) in [7, 11) is 0. The second-order valence-electron chi connectivity index (χ2n) is 3.39. The van der Waals surface area contributed by atoms with Gasteiger partial charge in [-0.2, -0.15) is 0 Å². The van der Waals surface area contributed by atoms with Crippen molar-refractivity contribution in [3.8, 4) is 0 Å². The molecule has 18 heavy (non-hydrogen) atoms. The van der Waals surface area contributed by atoms with Gasteiger partial charge in [-0.05, 0) is 6.07 Å². The third kappa shape index (κ3) is 2.69. The molecule has 0 fully saturated rings. The summed E-state index contributed by atoms with van der Waals surface area (Å²) in [5.74, 6) is 0.196. The largest absolute Gasteiger partial charge is 0.389 e. The smallest absolute Gasteiger partial charge is 0.303 e. The average Bonchev–Trinajstić information content (AvgIpc) is 2.78. The Hall–Kier alpha value is -2.28. The number of rotatable bonds is 4. The lowest BCUT2D eigenvalue weighted by Crippen LogP contribution is -2.18. The van der Waals surface area contributed by atoms with Crippen LogP contribution in [0.4, 0.5) is 5.82 Å². The summed E-state index contributed by atoms with van der Waals surface area (Å²) in [6.07, 6.45) is 0. The highest BCUT2D eigenvalue weighted by molar-refractivity contribution is 6.31. The molecule has 2 rings (SSSR count). The summed E-state index contributed by atoms with van der Waals surface area (Å²) in [5, 5.41) is 10.1. The lowest BCUT2D eigenvalue weighted by atomic mass is 10.2. The van der Waals surface area contributed by atoms with Gasteiger partial charge in [-0.25, -0.2) is 0 Å². The molecule has 5 N–H and O–H groups in total. The van der Waals surface area contributed by atoms with Crippen molar-refractivity contribution in [2.75, 3.05) is 5.73 Å². The molecule has 0 amide bonds. The number of nitrogens with two attached hydrogens (primary N) is 2. The minimum atomic E-state index is 0.0181. The first kappa shape index (κ1) is 12.2. The summed E-state index contributed by atoms with van der Waals surface area (Å²) in [6.45, 7) is 0.196. The predicted molar refractivity (Wildman–Crippen MR) is 64.4 cm³/mol. The van der Waals surface area contributed by atoms with E-state index in [0.29, 0.717) is 5.02 Å². The summed E-state index contributed by atoms with van der Waals surface area (Å²) in [6, 6.07) is 7.27. The van der Waals surface area contributed by atoms with E-state index in [-0.39, 0.29) is 24.0 Å². The zero-order chi connectivity index (χ0) is 13.0. The molecule has 8 heteroatoms. The predicted octanol–water partition coefficient (Wildman–Crippen LogP) is 0.561. The fourth-order valence-corrected chi connectivity index (χ4v) is 1.42. The molecule has 7 nitrogen and oxygen atoms in total.